The Labute approximate surface area is 123 Å². The van der Waals surface area contributed by atoms with Crippen molar-refractivity contribution in [1.29, 1.82) is 0 Å². The lowest BCUT2D eigenvalue weighted by Crippen LogP contribution is -2.52. The highest BCUT2D eigenvalue weighted by atomic mass is 35.5. The molecule has 1 unspecified atom stereocenters. The minimum Gasteiger partial charge on any atom is -0.478 e. The molecule has 0 bridgehead atoms. The summed E-state index contributed by atoms with van der Waals surface area (Å²) < 4.78 is 0. The quantitative estimate of drug-likeness (QED) is 0.837. The van der Waals surface area contributed by atoms with Crippen molar-refractivity contribution in [3.05, 3.63) is 22.7 Å². The van der Waals surface area contributed by atoms with Gasteiger partial charge in [-0.05, 0) is 25.6 Å². The number of aromatic carboxylic acids is 1. The summed E-state index contributed by atoms with van der Waals surface area (Å²) >= 11 is 6.23. The summed E-state index contributed by atoms with van der Waals surface area (Å²) in [6.45, 7) is 7.69. The second-order valence-electron chi connectivity index (χ2n) is 5.13. The molecule has 1 aromatic rings. The first kappa shape index (κ1) is 14.9. The van der Waals surface area contributed by atoms with E-state index in [1.54, 1.807) is 6.07 Å². The Morgan fingerprint density at radius 3 is 2.75 bits per heavy atom. The Balaban J connectivity index is 2.36. The van der Waals surface area contributed by atoms with Crippen LogP contribution < -0.4 is 10.6 Å². The number of anilines is 2. The summed E-state index contributed by atoms with van der Waals surface area (Å²) in [4.78, 5) is 15.8. The first-order valence-electron chi connectivity index (χ1n) is 6.75. The molecule has 6 heteroatoms. The molecular weight excluding hydrogens is 278 g/mol. The minimum atomic E-state index is -1.00. The maximum absolute atomic E-state index is 11.4. The highest BCUT2D eigenvalue weighted by Crippen LogP contribution is 2.34. The van der Waals surface area contributed by atoms with E-state index in [2.05, 4.69) is 18.7 Å². The van der Waals surface area contributed by atoms with Crippen LogP contribution in [-0.4, -0.2) is 48.2 Å². The number of piperazine rings is 1. The SMILES string of the molecule is CCN1CCN(c2c(Cl)cc(N)cc2C(=O)O)CC1C. The number of hydrogen-bond acceptors (Lipinski definition) is 4. The summed E-state index contributed by atoms with van der Waals surface area (Å²) in [7, 11) is 0. The van der Waals surface area contributed by atoms with Gasteiger partial charge in [0.2, 0.25) is 0 Å². The van der Waals surface area contributed by atoms with Gasteiger partial charge in [0, 0.05) is 31.4 Å². The first-order chi connectivity index (χ1) is 9.43. The molecule has 110 valence electrons. The van der Waals surface area contributed by atoms with E-state index >= 15 is 0 Å². The van der Waals surface area contributed by atoms with Crippen molar-refractivity contribution in [1.82, 2.24) is 4.90 Å². The van der Waals surface area contributed by atoms with E-state index in [9.17, 15) is 9.90 Å². The number of nitrogens with zero attached hydrogens (tertiary/aromatic N) is 2. The molecule has 1 aliphatic heterocycles. The maximum Gasteiger partial charge on any atom is 0.337 e. The fourth-order valence-electron chi connectivity index (χ4n) is 2.77. The average Bonchev–Trinajstić information content (AvgIpc) is 2.37. The molecule has 2 rings (SSSR count). The van der Waals surface area contributed by atoms with Gasteiger partial charge in [0.25, 0.3) is 0 Å². The molecule has 0 amide bonds. The lowest BCUT2D eigenvalue weighted by Gasteiger charge is -2.41. The topological polar surface area (TPSA) is 69.8 Å². The van der Waals surface area contributed by atoms with Crippen molar-refractivity contribution in [2.75, 3.05) is 36.8 Å². The van der Waals surface area contributed by atoms with Gasteiger partial charge < -0.3 is 15.7 Å². The summed E-state index contributed by atoms with van der Waals surface area (Å²) in [5.41, 5.74) is 6.82. The van der Waals surface area contributed by atoms with Gasteiger partial charge in [-0.2, -0.15) is 0 Å². The minimum absolute atomic E-state index is 0.173. The molecule has 0 spiro atoms. The zero-order chi connectivity index (χ0) is 14.9. The molecule has 1 heterocycles. The Morgan fingerprint density at radius 1 is 1.50 bits per heavy atom. The predicted molar refractivity (Wildman–Crippen MR) is 81.7 cm³/mol. The van der Waals surface area contributed by atoms with E-state index in [4.69, 9.17) is 17.3 Å². The van der Waals surface area contributed by atoms with Crippen LogP contribution in [0.4, 0.5) is 11.4 Å². The number of halogens is 1. The van der Waals surface area contributed by atoms with Crippen molar-refractivity contribution in [3.8, 4) is 0 Å². The third-order valence-electron chi connectivity index (χ3n) is 3.80. The molecule has 1 fully saturated rings. The van der Waals surface area contributed by atoms with Crippen molar-refractivity contribution in [3.63, 3.8) is 0 Å². The van der Waals surface area contributed by atoms with Crippen LogP contribution in [-0.2, 0) is 0 Å². The summed E-state index contributed by atoms with van der Waals surface area (Å²) in [6.07, 6.45) is 0. The average molecular weight is 298 g/mol. The van der Waals surface area contributed by atoms with Crippen molar-refractivity contribution >= 4 is 28.9 Å². The van der Waals surface area contributed by atoms with Crippen LogP contribution in [0.15, 0.2) is 12.1 Å². The van der Waals surface area contributed by atoms with Gasteiger partial charge in [-0.25, -0.2) is 4.79 Å². The van der Waals surface area contributed by atoms with Crippen molar-refractivity contribution < 1.29 is 9.90 Å². The monoisotopic (exact) mass is 297 g/mol. The van der Waals surface area contributed by atoms with E-state index in [1.165, 1.54) is 6.07 Å². The molecular formula is C14H20ClN3O2. The van der Waals surface area contributed by atoms with Crippen molar-refractivity contribution in [2.24, 2.45) is 0 Å². The van der Waals surface area contributed by atoms with Crippen LogP contribution in [0.5, 0.6) is 0 Å². The van der Waals surface area contributed by atoms with Crippen LogP contribution >= 0.6 is 11.6 Å². The highest BCUT2D eigenvalue weighted by Gasteiger charge is 2.27. The zero-order valence-electron chi connectivity index (χ0n) is 11.8. The molecule has 3 N–H and O–H groups in total. The molecule has 1 saturated heterocycles. The lowest BCUT2D eigenvalue weighted by molar-refractivity contribution is 0.0697. The largest absolute Gasteiger partial charge is 0.478 e. The number of benzene rings is 1. The fourth-order valence-corrected chi connectivity index (χ4v) is 3.12. The number of nitrogens with two attached hydrogens (primary N) is 1. The number of likely N-dealkylation sites (N-methyl/N-ethyl adjacent to an activating group) is 1. The van der Waals surface area contributed by atoms with E-state index in [-0.39, 0.29) is 5.56 Å². The van der Waals surface area contributed by atoms with E-state index in [0.717, 1.165) is 26.2 Å². The van der Waals surface area contributed by atoms with Crippen molar-refractivity contribution in [2.45, 2.75) is 19.9 Å². The van der Waals surface area contributed by atoms with Crippen LogP contribution in [0.25, 0.3) is 0 Å². The summed E-state index contributed by atoms with van der Waals surface area (Å²) in [5.74, 6) is -1.00. The van der Waals surface area contributed by atoms with E-state index in [1.807, 2.05) is 4.90 Å². The number of carboxylic acids is 1. The van der Waals surface area contributed by atoms with E-state index in [0.29, 0.717) is 22.4 Å². The lowest BCUT2D eigenvalue weighted by atomic mass is 10.1. The standard InChI is InChI=1S/C14H20ClN3O2/c1-3-17-4-5-18(8-9(17)2)13-11(14(19)20)6-10(16)7-12(13)15/h6-7,9H,3-5,8,16H2,1-2H3,(H,19,20). The predicted octanol–water partition coefficient (Wildman–Crippen LogP) is 2.15. The Bertz CT molecular complexity index is 521. The van der Waals surface area contributed by atoms with Crippen LogP contribution in [0.1, 0.15) is 24.2 Å². The van der Waals surface area contributed by atoms with Gasteiger partial charge in [0.05, 0.1) is 16.3 Å². The summed E-state index contributed by atoms with van der Waals surface area (Å²) in [6, 6.07) is 3.45. The van der Waals surface area contributed by atoms with Crippen LogP contribution in [0.3, 0.4) is 0 Å². The molecule has 0 saturated carbocycles. The normalized spacial score (nSPS) is 20.1. The number of nitrogen functional groups attached to an aromatic ring is 1. The zero-order valence-corrected chi connectivity index (χ0v) is 12.5. The maximum atomic E-state index is 11.4. The van der Waals surface area contributed by atoms with Gasteiger partial charge in [0.1, 0.15) is 0 Å². The number of rotatable bonds is 3. The first-order valence-corrected chi connectivity index (χ1v) is 7.13. The van der Waals surface area contributed by atoms with Gasteiger partial charge in [-0.15, -0.1) is 0 Å². The smallest absolute Gasteiger partial charge is 0.337 e. The fraction of sp³-hybridized carbons (Fsp3) is 0.500. The number of carboxylic acid groups (broad SMARTS) is 1. The second kappa shape index (κ2) is 5.89. The molecule has 0 aliphatic carbocycles. The van der Waals surface area contributed by atoms with Gasteiger partial charge >= 0.3 is 5.97 Å². The molecule has 1 aliphatic rings. The second-order valence-corrected chi connectivity index (χ2v) is 5.53. The number of hydrogen-bond donors (Lipinski definition) is 2. The third kappa shape index (κ3) is 2.83. The molecule has 20 heavy (non-hydrogen) atoms. The highest BCUT2D eigenvalue weighted by molar-refractivity contribution is 6.34. The van der Waals surface area contributed by atoms with Gasteiger partial charge in [0.15, 0.2) is 0 Å². The molecule has 1 atom stereocenters. The Morgan fingerprint density at radius 2 is 2.20 bits per heavy atom. The summed E-state index contributed by atoms with van der Waals surface area (Å²) in [5, 5.41) is 9.76. The van der Waals surface area contributed by atoms with Crippen LogP contribution in [0.2, 0.25) is 5.02 Å². The van der Waals surface area contributed by atoms with E-state index < -0.39 is 5.97 Å². The Hall–Kier alpha value is -1.46. The van der Waals surface area contributed by atoms with Gasteiger partial charge in [-0.3, -0.25) is 4.90 Å². The molecule has 0 radical (unpaired) electrons. The molecule has 1 aromatic carbocycles. The number of carbonyl (C=O) groups is 1. The molecule has 5 nitrogen and oxygen atoms in total. The van der Waals surface area contributed by atoms with Gasteiger partial charge in [-0.1, -0.05) is 18.5 Å². The van der Waals surface area contributed by atoms with Crippen LogP contribution in [0, 0.1) is 0 Å². The Kier molecular flexibility index (Phi) is 4.40. The third-order valence-corrected chi connectivity index (χ3v) is 4.09. The molecule has 0 aromatic heterocycles.